The number of hydrogen-bond acceptors (Lipinski definition) is 3. The zero-order valence-corrected chi connectivity index (χ0v) is 27.3. The molecule has 0 aliphatic rings. The van der Waals surface area contributed by atoms with Gasteiger partial charge in [-0.2, -0.15) is 0 Å². The molecule has 0 spiro atoms. The summed E-state index contributed by atoms with van der Waals surface area (Å²) >= 11 is 2.77. The minimum atomic E-state index is 0.650. The number of fused-ring (bicyclic) bond motifs is 1. The van der Waals surface area contributed by atoms with Gasteiger partial charge in [-0.25, -0.2) is 0 Å². The van der Waals surface area contributed by atoms with E-state index in [0.717, 1.165) is 33.0 Å². The first-order valence-corrected chi connectivity index (χ1v) is 16.5. The Balaban J connectivity index is 1.31. The molecule has 222 valence electrons. The molecule has 0 saturated heterocycles. The molecule has 0 N–H and O–H groups in total. The number of rotatable bonds is 6. The minimum absolute atomic E-state index is 0.650. The zero-order chi connectivity index (χ0) is 31.6. The Bertz CT molecular complexity index is 2300. The summed E-state index contributed by atoms with van der Waals surface area (Å²) in [5.74, 6) is 1.96. The topological polar surface area (TPSA) is 38.7 Å². The molecule has 0 aliphatic heterocycles. The van der Waals surface area contributed by atoms with Gasteiger partial charge in [0, 0.05) is 0 Å². The van der Waals surface area contributed by atoms with Gasteiger partial charge in [-0.05, 0) is 0 Å². The van der Waals surface area contributed by atoms with E-state index < -0.39 is 0 Å². The summed E-state index contributed by atoms with van der Waals surface area (Å²) in [6, 6.07) is 59.1. The third-order valence-electron chi connectivity index (χ3n) is 8.46. The molecule has 0 saturated carbocycles. The maximum absolute atomic E-state index is 5.04. The fourth-order valence-corrected chi connectivity index (χ4v) is 6.91. The predicted molar refractivity (Wildman–Crippen MR) is 197 cm³/mol. The van der Waals surface area contributed by atoms with Crippen molar-refractivity contribution in [2.45, 2.75) is 0 Å². The van der Waals surface area contributed by atoms with E-state index in [9.17, 15) is 0 Å². The van der Waals surface area contributed by atoms with Crippen LogP contribution in [0.4, 0.5) is 0 Å². The molecule has 8 rings (SSSR count). The van der Waals surface area contributed by atoms with Crippen molar-refractivity contribution in [1.29, 1.82) is 0 Å². The third kappa shape index (κ3) is 5.66. The van der Waals surface area contributed by atoms with E-state index in [0.29, 0.717) is 17.5 Å². The fourth-order valence-electron chi connectivity index (χ4n) is 6.21. The van der Waals surface area contributed by atoms with E-state index in [2.05, 4.69) is 125 Å². The molecule has 1 heterocycles. The van der Waals surface area contributed by atoms with Crippen LogP contribution in [-0.2, 0) is 0 Å². The Morgan fingerprint density at radius 1 is 0.319 bits per heavy atom. The average molecular weight is 667 g/mol. The normalized spacial score (nSPS) is 11.1. The second-order valence-corrected chi connectivity index (χ2v) is 12.4. The zero-order valence-electron chi connectivity index (χ0n) is 25.5. The van der Waals surface area contributed by atoms with Crippen LogP contribution in [0.2, 0.25) is 0 Å². The van der Waals surface area contributed by atoms with Crippen LogP contribution in [0.5, 0.6) is 0 Å². The van der Waals surface area contributed by atoms with E-state index in [4.69, 9.17) is 15.0 Å². The van der Waals surface area contributed by atoms with Crippen LogP contribution >= 0.6 is 0 Å². The van der Waals surface area contributed by atoms with Gasteiger partial charge in [-0.15, -0.1) is 0 Å². The van der Waals surface area contributed by atoms with Gasteiger partial charge in [0.25, 0.3) is 0 Å². The second kappa shape index (κ2) is 12.6. The molecule has 4 heteroatoms. The fraction of sp³-hybridized carbons (Fsp3) is 0. The van der Waals surface area contributed by atoms with Gasteiger partial charge in [-0.1, -0.05) is 36.4 Å². The summed E-state index contributed by atoms with van der Waals surface area (Å²) in [7, 11) is 0. The number of aromatic nitrogens is 3. The van der Waals surface area contributed by atoms with Crippen molar-refractivity contribution in [3.8, 4) is 67.5 Å². The molecule has 0 unspecified atom stereocenters. The van der Waals surface area contributed by atoms with Gasteiger partial charge >= 0.3 is 247 Å². The summed E-state index contributed by atoms with van der Waals surface area (Å²) in [6.45, 7) is 0. The maximum atomic E-state index is 5.04. The SMILES string of the molecule is [SeH]c1cccc(-c2ccc(-c3nc(-c4ccccc4)nc(-c4ccccc4)n3)c3ccccc23)c1-c1cccc(-c2ccccc2)c1. The van der Waals surface area contributed by atoms with Gasteiger partial charge in [0.05, 0.1) is 0 Å². The number of hydrogen-bond donors (Lipinski definition) is 0. The monoisotopic (exact) mass is 667 g/mol. The van der Waals surface area contributed by atoms with E-state index >= 15 is 0 Å². The van der Waals surface area contributed by atoms with Crippen LogP contribution in [0.15, 0.2) is 170 Å². The van der Waals surface area contributed by atoms with Crippen molar-refractivity contribution in [2.24, 2.45) is 0 Å². The standard InChI is InChI=1S/C43H29N3Se/c47-39-25-13-24-37(40(39)33-21-12-20-32(28-33)29-14-4-1-5-15-29)36-26-27-38(35-23-11-10-22-34(35)36)43-45-41(30-16-6-2-7-17-30)44-42(46-43)31-18-8-3-9-19-31/h1-28,47H. The Morgan fingerprint density at radius 2 is 0.787 bits per heavy atom. The van der Waals surface area contributed by atoms with Gasteiger partial charge in [0.2, 0.25) is 0 Å². The predicted octanol–water partition coefficient (Wildman–Crippen LogP) is 9.55. The number of benzene rings is 7. The summed E-state index contributed by atoms with van der Waals surface area (Å²) in [5.41, 5.74) is 10.0. The van der Waals surface area contributed by atoms with Crippen molar-refractivity contribution < 1.29 is 0 Å². The molecule has 0 fully saturated rings. The van der Waals surface area contributed by atoms with Crippen LogP contribution in [0.1, 0.15) is 0 Å². The first-order valence-electron chi connectivity index (χ1n) is 15.6. The molecule has 1 aromatic heterocycles. The molecule has 8 aromatic rings. The Labute approximate surface area is 282 Å². The van der Waals surface area contributed by atoms with Crippen LogP contribution in [0.3, 0.4) is 0 Å². The van der Waals surface area contributed by atoms with Crippen LogP contribution in [0.25, 0.3) is 78.3 Å². The van der Waals surface area contributed by atoms with Crippen molar-refractivity contribution in [3.63, 3.8) is 0 Å². The molecule has 3 nitrogen and oxygen atoms in total. The first kappa shape index (κ1) is 28.8. The molecule has 47 heavy (non-hydrogen) atoms. The molecule has 0 bridgehead atoms. The Morgan fingerprint density at radius 3 is 1.43 bits per heavy atom. The molecule has 0 amide bonds. The van der Waals surface area contributed by atoms with Crippen LogP contribution < -0.4 is 4.46 Å². The summed E-state index contributed by atoms with van der Waals surface area (Å²) < 4.78 is 1.17. The molecule has 7 aromatic carbocycles. The van der Waals surface area contributed by atoms with E-state index in [1.165, 1.54) is 32.3 Å². The first-order chi connectivity index (χ1) is 23.2. The van der Waals surface area contributed by atoms with Crippen molar-refractivity contribution in [2.75, 3.05) is 0 Å². The molecular formula is C43H29N3Se. The summed E-state index contributed by atoms with van der Waals surface area (Å²) in [6.07, 6.45) is 0. The van der Waals surface area contributed by atoms with Crippen molar-refractivity contribution >= 4 is 31.2 Å². The second-order valence-electron chi connectivity index (χ2n) is 11.4. The molecule has 0 radical (unpaired) electrons. The molecular weight excluding hydrogens is 637 g/mol. The Kier molecular flexibility index (Phi) is 7.72. The molecule has 0 atom stereocenters. The van der Waals surface area contributed by atoms with Crippen molar-refractivity contribution in [1.82, 2.24) is 15.0 Å². The van der Waals surface area contributed by atoms with Gasteiger partial charge in [-0.3, -0.25) is 0 Å². The summed E-state index contributed by atoms with van der Waals surface area (Å²) in [4.78, 5) is 15.0. The average Bonchev–Trinajstić information content (AvgIpc) is 3.15. The van der Waals surface area contributed by atoms with Crippen LogP contribution in [-0.4, -0.2) is 31.0 Å². The number of nitrogens with zero attached hydrogens (tertiary/aromatic N) is 3. The van der Waals surface area contributed by atoms with Gasteiger partial charge in [0.15, 0.2) is 0 Å². The van der Waals surface area contributed by atoms with Crippen molar-refractivity contribution in [3.05, 3.63) is 170 Å². The quantitative estimate of drug-likeness (QED) is 0.166. The molecule has 0 aliphatic carbocycles. The third-order valence-corrected chi connectivity index (χ3v) is 9.24. The van der Waals surface area contributed by atoms with E-state index in [1.807, 2.05) is 60.7 Å². The van der Waals surface area contributed by atoms with Crippen LogP contribution in [0, 0.1) is 0 Å². The van der Waals surface area contributed by atoms with E-state index in [-0.39, 0.29) is 0 Å². The van der Waals surface area contributed by atoms with Gasteiger partial charge in [0.1, 0.15) is 0 Å². The van der Waals surface area contributed by atoms with E-state index in [1.54, 1.807) is 0 Å². The van der Waals surface area contributed by atoms with Gasteiger partial charge < -0.3 is 0 Å². The Hall–Kier alpha value is -5.67. The summed E-state index contributed by atoms with van der Waals surface area (Å²) in [5, 5.41) is 2.24.